The Hall–Kier alpha value is -1.61. The topological polar surface area (TPSA) is 105 Å². The zero-order chi connectivity index (χ0) is 12.6. The molecule has 0 saturated carbocycles. The minimum absolute atomic E-state index is 0.110. The molecule has 0 aliphatic carbocycles. The van der Waals surface area contributed by atoms with E-state index in [1.165, 1.54) is 0 Å². The highest BCUT2D eigenvalue weighted by atomic mass is 16.5. The van der Waals surface area contributed by atoms with Crippen LogP contribution >= 0.6 is 0 Å². The van der Waals surface area contributed by atoms with E-state index in [1.807, 2.05) is 6.07 Å². The molecule has 0 aromatic carbocycles. The third-order valence-electron chi connectivity index (χ3n) is 1.93. The Morgan fingerprint density at radius 1 is 1.56 bits per heavy atom. The highest BCUT2D eigenvalue weighted by Crippen LogP contribution is 2.04. The smallest absolute Gasteiger partial charge is 0.246 e. The molecule has 2 atom stereocenters. The second kappa shape index (κ2) is 7.65. The van der Waals surface area contributed by atoms with E-state index in [2.05, 4.69) is 5.32 Å². The molecule has 0 unspecified atom stereocenters. The van der Waals surface area contributed by atoms with Crippen molar-refractivity contribution < 1.29 is 14.3 Å². The summed E-state index contributed by atoms with van der Waals surface area (Å²) >= 11 is 0. The minimum atomic E-state index is -0.817. The van der Waals surface area contributed by atoms with Crippen molar-refractivity contribution in [2.75, 3.05) is 13.2 Å². The number of nitrogens with zero attached hydrogens (tertiary/aromatic N) is 1. The number of hydrogen-bond donors (Lipinski definition) is 2. The molecule has 0 aliphatic rings. The van der Waals surface area contributed by atoms with Gasteiger partial charge in [0.1, 0.15) is 12.6 Å². The van der Waals surface area contributed by atoms with E-state index in [0.29, 0.717) is 6.61 Å². The summed E-state index contributed by atoms with van der Waals surface area (Å²) in [6.07, 6.45) is 0.212. The number of nitrogens with one attached hydrogen (secondary N) is 1. The third-order valence-corrected chi connectivity index (χ3v) is 1.93. The van der Waals surface area contributed by atoms with Crippen LogP contribution in [-0.4, -0.2) is 31.1 Å². The Bertz CT molecular complexity index is 286. The van der Waals surface area contributed by atoms with E-state index in [4.69, 9.17) is 15.7 Å². The monoisotopic (exact) mass is 227 g/mol. The lowest BCUT2D eigenvalue weighted by Crippen LogP contribution is -2.46. The van der Waals surface area contributed by atoms with Crippen molar-refractivity contribution in [3.8, 4) is 6.07 Å². The van der Waals surface area contributed by atoms with Crippen molar-refractivity contribution in [1.82, 2.24) is 5.32 Å². The standard InChI is InChI=1S/C10H17N3O3/c1-3-16-6-9(14)13-8(10(12)15)4-7(2)5-11/h7-8H,3-4,6H2,1-2H3,(H2,12,15)(H,13,14)/t7-,8+/m1/s1. The largest absolute Gasteiger partial charge is 0.372 e. The van der Waals surface area contributed by atoms with Gasteiger partial charge in [0.15, 0.2) is 0 Å². The number of nitriles is 1. The molecule has 6 heteroatoms. The average Bonchev–Trinajstić information content (AvgIpc) is 2.24. The Labute approximate surface area is 94.7 Å². The van der Waals surface area contributed by atoms with E-state index >= 15 is 0 Å². The summed E-state index contributed by atoms with van der Waals surface area (Å²) in [5.74, 6) is -1.40. The van der Waals surface area contributed by atoms with Gasteiger partial charge < -0.3 is 15.8 Å². The highest BCUT2D eigenvalue weighted by molar-refractivity contribution is 5.87. The number of primary amides is 1. The Morgan fingerprint density at radius 3 is 2.62 bits per heavy atom. The molecule has 0 aliphatic heterocycles. The molecule has 0 aromatic rings. The van der Waals surface area contributed by atoms with Gasteiger partial charge in [0.05, 0.1) is 6.07 Å². The Kier molecular flexibility index (Phi) is 6.88. The maximum Gasteiger partial charge on any atom is 0.246 e. The molecule has 2 amide bonds. The molecule has 90 valence electrons. The second-order valence-corrected chi connectivity index (χ2v) is 3.43. The van der Waals surface area contributed by atoms with Crippen molar-refractivity contribution >= 4 is 11.8 Å². The number of carbonyl (C=O) groups excluding carboxylic acids is 2. The first-order valence-corrected chi connectivity index (χ1v) is 5.07. The summed E-state index contributed by atoms with van der Waals surface area (Å²) < 4.78 is 4.88. The molecule has 6 nitrogen and oxygen atoms in total. The van der Waals surface area contributed by atoms with Crippen LogP contribution in [0.25, 0.3) is 0 Å². The summed E-state index contributed by atoms with van der Waals surface area (Å²) in [7, 11) is 0. The highest BCUT2D eigenvalue weighted by Gasteiger charge is 2.20. The van der Waals surface area contributed by atoms with Crippen LogP contribution in [0.1, 0.15) is 20.3 Å². The van der Waals surface area contributed by atoms with Gasteiger partial charge in [-0.25, -0.2) is 0 Å². The lowest BCUT2D eigenvalue weighted by atomic mass is 10.0. The van der Waals surface area contributed by atoms with E-state index < -0.39 is 17.9 Å². The summed E-state index contributed by atoms with van der Waals surface area (Å²) in [5.41, 5.74) is 5.11. The molecule has 0 fully saturated rings. The van der Waals surface area contributed by atoms with E-state index in [-0.39, 0.29) is 18.9 Å². The summed E-state index contributed by atoms with van der Waals surface area (Å²) in [6, 6.07) is 1.16. The molecular weight excluding hydrogens is 210 g/mol. The van der Waals surface area contributed by atoms with Crippen molar-refractivity contribution in [2.24, 2.45) is 11.7 Å². The van der Waals surface area contributed by atoms with Crippen LogP contribution in [0.2, 0.25) is 0 Å². The zero-order valence-electron chi connectivity index (χ0n) is 9.53. The predicted octanol–water partition coefficient (Wildman–Crippen LogP) is -0.457. The van der Waals surface area contributed by atoms with Crippen LogP contribution in [0.15, 0.2) is 0 Å². The molecule has 0 rings (SSSR count). The quantitative estimate of drug-likeness (QED) is 0.614. The van der Waals surface area contributed by atoms with Gasteiger partial charge in [-0.3, -0.25) is 9.59 Å². The first kappa shape index (κ1) is 14.4. The average molecular weight is 227 g/mol. The van der Waals surface area contributed by atoms with Gasteiger partial charge in [-0.05, 0) is 20.3 Å². The van der Waals surface area contributed by atoms with Crippen molar-refractivity contribution in [2.45, 2.75) is 26.3 Å². The Morgan fingerprint density at radius 2 is 2.19 bits per heavy atom. The lowest BCUT2D eigenvalue weighted by Gasteiger charge is -2.16. The van der Waals surface area contributed by atoms with Crippen LogP contribution in [0.3, 0.4) is 0 Å². The number of carbonyl (C=O) groups is 2. The van der Waals surface area contributed by atoms with Gasteiger partial charge in [0.2, 0.25) is 11.8 Å². The maximum absolute atomic E-state index is 11.3. The van der Waals surface area contributed by atoms with Crippen molar-refractivity contribution in [3.05, 3.63) is 0 Å². The van der Waals surface area contributed by atoms with Gasteiger partial charge in [-0.2, -0.15) is 5.26 Å². The Balaban J connectivity index is 4.19. The molecule has 3 N–H and O–H groups in total. The molecule has 0 aromatic heterocycles. The van der Waals surface area contributed by atoms with E-state index in [9.17, 15) is 9.59 Å². The molecule has 0 bridgehead atoms. The maximum atomic E-state index is 11.3. The fourth-order valence-corrected chi connectivity index (χ4v) is 1.08. The SMILES string of the molecule is CCOCC(=O)N[C@@H](C[C@@H](C)C#N)C(N)=O. The summed E-state index contributed by atoms with van der Waals surface area (Å²) in [6.45, 7) is 3.73. The van der Waals surface area contributed by atoms with E-state index in [1.54, 1.807) is 13.8 Å². The first-order valence-electron chi connectivity index (χ1n) is 5.07. The fourth-order valence-electron chi connectivity index (χ4n) is 1.08. The number of ether oxygens (including phenoxy) is 1. The van der Waals surface area contributed by atoms with Crippen LogP contribution < -0.4 is 11.1 Å². The predicted molar refractivity (Wildman–Crippen MR) is 57.0 cm³/mol. The summed E-state index contributed by atoms with van der Waals surface area (Å²) in [4.78, 5) is 22.3. The fraction of sp³-hybridized carbons (Fsp3) is 0.700. The van der Waals surface area contributed by atoms with Gasteiger partial charge in [-0.15, -0.1) is 0 Å². The molecule has 16 heavy (non-hydrogen) atoms. The molecular formula is C10H17N3O3. The van der Waals surface area contributed by atoms with Crippen molar-refractivity contribution in [3.63, 3.8) is 0 Å². The van der Waals surface area contributed by atoms with Crippen LogP contribution in [0.5, 0.6) is 0 Å². The van der Waals surface area contributed by atoms with Gasteiger partial charge >= 0.3 is 0 Å². The van der Waals surface area contributed by atoms with Crippen LogP contribution in [0.4, 0.5) is 0 Å². The first-order chi connectivity index (χ1) is 7.51. The molecule has 0 saturated heterocycles. The van der Waals surface area contributed by atoms with Gasteiger partial charge in [0, 0.05) is 12.5 Å². The number of nitrogens with two attached hydrogens (primary N) is 1. The number of amides is 2. The number of rotatable bonds is 7. The van der Waals surface area contributed by atoms with Crippen LogP contribution in [-0.2, 0) is 14.3 Å². The van der Waals surface area contributed by atoms with Crippen molar-refractivity contribution in [1.29, 1.82) is 5.26 Å². The number of hydrogen-bond acceptors (Lipinski definition) is 4. The minimum Gasteiger partial charge on any atom is -0.372 e. The van der Waals surface area contributed by atoms with Gasteiger partial charge in [-0.1, -0.05) is 0 Å². The third kappa shape index (κ3) is 5.98. The molecule has 0 radical (unpaired) electrons. The van der Waals surface area contributed by atoms with E-state index in [0.717, 1.165) is 0 Å². The molecule has 0 heterocycles. The van der Waals surface area contributed by atoms with Gasteiger partial charge in [0.25, 0.3) is 0 Å². The normalized spacial score (nSPS) is 13.6. The summed E-state index contributed by atoms with van der Waals surface area (Å²) in [5, 5.41) is 11.0. The molecule has 0 spiro atoms. The zero-order valence-corrected chi connectivity index (χ0v) is 9.53. The lowest BCUT2D eigenvalue weighted by molar-refractivity contribution is -0.130. The van der Waals surface area contributed by atoms with Crippen LogP contribution in [0, 0.1) is 17.2 Å². The second-order valence-electron chi connectivity index (χ2n) is 3.43.